The van der Waals surface area contributed by atoms with Crippen LogP contribution in [-0.4, -0.2) is 41.1 Å². The van der Waals surface area contributed by atoms with Crippen LogP contribution in [0.5, 0.6) is 5.75 Å². The Labute approximate surface area is 131 Å². The Bertz CT molecular complexity index is 506. The Morgan fingerprint density at radius 2 is 2.20 bits per heavy atom. The molecule has 0 bridgehead atoms. The molecule has 1 aliphatic rings. The van der Waals surface area contributed by atoms with Gasteiger partial charge in [-0.3, -0.25) is 4.79 Å². The summed E-state index contributed by atoms with van der Waals surface area (Å²) in [5, 5.41) is 9.14. The summed E-state index contributed by atoms with van der Waals surface area (Å²) in [6.07, 6.45) is 2.21. The number of amides is 1. The lowest BCUT2D eigenvalue weighted by Gasteiger charge is -2.32. The number of rotatable bonds is 4. The molecule has 0 saturated carbocycles. The summed E-state index contributed by atoms with van der Waals surface area (Å²) in [7, 11) is 0. The molecule has 1 unspecified atom stereocenters. The molecule has 0 radical (unpaired) electrons. The maximum Gasteiger partial charge on any atom is 0.326 e. The fourth-order valence-electron chi connectivity index (χ4n) is 2.27. The lowest BCUT2D eigenvalue weighted by atomic mass is 10.0. The Morgan fingerprint density at radius 1 is 1.40 bits per heavy atom. The Hall–Kier alpha value is -1.31. The molecule has 5 nitrogen and oxygen atoms in total. The number of piperidine rings is 1. The number of benzene rings is 1. The van der Waals surface area contributed by atoms with Gasteiger partial charge in [0.25, 0.3) is 5.91 Å². The molecule has 1 aromatic carbocycles. The van der Waals surface area contributed by atoms with E-state index >= 15 is 0 Å². The van der Waals surface area contributed by atoms with Crippen LogP contribution in [0.15, 0.2) is 24.3 Å². The first-order valence-corrected chi connectivity index (χ1v) is 7.56. The first-order valence-electron chi connectivity index (χ1n) is 6.48. The lowest BCUT2D eigenvalue weighted by Crippen LogP contribution is -2.49. The van der Waals surface area contributed by atoms with Crippen LogP contribution in [0.1, 0.15) is 19.3 Å². The van der Waals surface area contributed by atoms with Crippen LogP contribution in [0.25, 0.3) is 0 Å². The highest BCUT2D eigenvalue weighted by atomic mass is 127. The van der Waals surface area contributed by atoms with Crippen molar-refractivity contribution in [3.05, 3.63) is 27.8 Å². The van der Waals surface area contributed by atoms with Gasteiger partial charge in [0.2, 0.25) is 0 Å². The molecule has 1 fully saturated rings. The molecule has 1 aliphatic heterocycles. The summed E-state index contributed by atoms with van der Waals surface area (Å²) < 4.78 is 6.46. The molecular formula is C14H16INO4. The van der Waals surface area contributed by atoms with E-state index in [1.807, 2.05) is 18.2 Å². The molecule has 1 saturated heterocycles. The largest absolute Gasteiger partial charge is 0.484 e. The number of carboxylic acids is 1. The van der Waals surface area contributed by atoms with Gasteiger partial charge in [-0.25, -0.2) is 4.79 Å². The minimum atomic E-state index is -0.938. The quantitative estimate of drug-likeness (QED) is 0.802. The second kappa shape index (κ2) is 6.92. The van der Waals surface area contributed by atoms with Crippen LogP contribution < -0.4 is 4.74 Å². The van der Waals surface area contributed by atoms with Crippen LogP contribution in [0.4, 0.5) is 0 Å². The Morgan fingerprint density at radius 3 is 2.90 bits per heavy atom. The minimum absolute atomic E-state index is 0.121. The number of ether oxygens (including phenoxy) is 1. The number of carbonyl (C=O) groups excluding carboxylic acids is 1. The van der Waals surface area contributed by atoms with Crippen LogP contribution in [0, 0.1) is 3.57 Å². The minimum Gasteiger partial charge on any atom is -0.484 e. The molecule has 20 heavy (non-hydrogen) atoms. The first-order chi connectivity index (χ1) is 9.58. The van der Waals surface area contributed by atoms with E-state index in [4.69, 9.17) is 9.84 Å². The van der Waals surface area contributed by atoms with Gasteiger partial charge in [-0.1, -0.05) is 6.07 Å². The van der Waals surface area contributed by atoms with Crippen LogP contribution in [-0.2, 0) is 9.59 Å². The molecule has 0 aromatic heterocycles. The van der Waals surface area contributed by atoms with Gasteiger partial charge in [0.1, 0.15) is 11.8 Å². The van der Waals surface area contributed by atoms with E-state index < -0.39 is 12.0 Å². The summed E-state index contributed by atoms with van der Waals surface area (Å²) >= 11 is 2.16. The number of hydrogen-bond acceptors (Lipinski definition) is 3. The predicted molar refractivity (Wildman–Crippen MR) is 81.6 cm³/mol. The average molecular weight is 389 g/mol. The summed E-state index contributed by atoms with van der Waals surface area (Å²) in [5.41, 5.74) is 0. The SMILES string of the molecule is O=C(O)C1CCCCN1C(=O)COc1cccc(I)c1. The van der Waals surface area contributed by atoms with Gasteiger partial charge in [0, 0.05) is 10.1 Å². The van der Waals surface area contributed by atoms with Crippen molar-refractivity contribution in [2.24, 2.45) is 0 Å². The Kier molecular flexibility index (Phi) is 5.22. The third-order valence-corrected chi connectivity index (χ3v) is 3.94. The monoisotopic (exact) mass is 389 g/mol. The normalized spacial score (nSPS) is 18.6. The van der Waals surface area contributed by atoms with Crippen molar-refractivity contribution in [3.8, 4) is 5.75 Å². The predicted octanol–water partition coefficient (Wildman–Crippen LogP) is 2.14. The summed E-state index contributed by atoms with van der Waals surface area (Å²) in [5.74, 6) is -0.586. The standard InChI is InChI=1S/C14H16INO4/c15-10-4-3-5-11(8-10)20-9-13(17)16-7-2-1-6-12(16)14(18)19/h3-5,8,12H,1-2,6-7,9H2,(H,18,19). The molecule has 6 heteroatoms. The van der Waals surface area contributed by atoms with E-state index in [2.05, 4.69) is 22.6 Å². The number of aliphatic carboxylic acids is 1. The third kappa shape index (κ3) is 3.84. The highest BCUT2D eigenvalue weighted by Crippen LogP contribution is 2.19. The van der Waals surface area contributed by atoms with Crippen molar-refractivity contribution >= 4 is 34.5 Å². The van der Waals surface area contributed by atoms with Crippen LogP contribution >= 0.6 is 22.6 Å². The molecule has 0 spiro atoms. The van der Waals surface area contributed by atoms with Gasteiger partial charge in [-0.15, -0.1) is 0 Å². The second-order valence-electron chi connectivity index (χ2n) is 4.68. The number of nitrogens with zero attached hydrogens (tertiary/aromatic N) is 1. The average Bonchev–Trinajstić information content (AvgIpc) is 2.45. The maximum atomic E-state index is 12.1. The highest BCUT2D eigenvalue weighted by molar-refractivity contribution is 14.1. The van der Waals surface area contributed by atoms with Crippen molar-refractivity contribution in [1.82, 2.24) is 4.90 Å². The van der Waals surface area contributed by atoms with Crippen molar-refractivity contribution < 1.29 is 19.4 Å². The second-order valence-corrected chi connectivity index (χ2v) is 5.93. The molecule has 1 aromatic rings. The van der Waals surface area contributed by atoms with E-state index in [0.717, 1.165) is 16.4 Å². The molecule has 1 N–H and O–H groups in total. The fourth-order valence-corrected chi connectivity index (χ4v) is 2.79. The zero-order chi connectivity index (χ0) is 14.5. The van der Waals surface area contributed by atoms with Crippen LogP contribution in [0.3, 0.4) is 0 Å². The maximum absolute atomic E-state index is 12.1. The summed E-state index contributed by atoms with van der Waals surface area (Å²) in [4.78, 5) is 24.7. The van der Waals surface area contributed by atoms with E-state index in [1.54, 1.807) is 6.07 Å². The smallest absolute Gasteiger partial charge is 0.326 e. The van der Waals surface area contributed by atoms with Crippen molar-refractivity contribution in [3.63, 3.8) is 0 Å². The number of carboxylic acid groups (broad SMARTS) is 1. The number of hydrogen-bond donors (Lipinski definition) is 1. The van der Waals surface area contributed by atoms with Gasteiger partial charge in [0.15, 0.2) is 6.61 Å². The van der Waals surface area contributed by atoms with E-state index in [9.17, 15) is 9.59 Å². The topological polar surface area (TPSA) is 66.8 Å². The zero-order valence-electron chi connectivity index (χ0n) is 10.9. The molecule has 1 atom stereocenters. The molecule has 2 rings (SSSR count). The van der Waals surface area contributed by atoms with Crippen molar-refractivity contribution in [1.29, 1.82) is 0 Å². The van der Waals surface area contributed by atoms with Gasteiger partial charge in [-0.05, 0) is 60.1 Å². The van der Waals surface area contributed by atoms with Gasteiger partial charge in [0.05, 0.1) is 0 Å². The molecule has 108 valence electrons. The van der Waals surface area contributed by atoms with Crippen LogP contribution in [0.2, 0.25) is 0 Å². The molecular weight excluding hydrogens is 373 g/mol. The number of likely N-dealkylation sites (tertiary alicyclic amines) is 1. The molecule has 1 heterocycles. The number of carbonyl (C=O) groups is 2. The lowest BCUT2D eigenvalue weighted by molar-refractivity contribution is -0.152. The fraction of sp³-hybridized carbons (Fsp3) is 0.429. The highest BCUT2D eigenvalue weighted by Gasteiger charge is 2.31. The third-order valence-electron chi connectivity index (χ3n) is 3.27. The van der Waals surface area contributed by atoms with E-state index in [0.29, 0.717) is 18.7 Å². The van der Waals surface area contributed by atoms with Gasteiger partial charge >= 0.3 is 5.97 Å². The summed E-state index contributed by atoms with van der Waals surface area (Å²) in [6, 6.07) is 6.68. The first kappa shape index (κ1) is 15.1. The van der Waals surface area contributed by atoms with Crippen molar-refractivity contribution in [2.75, 3.05) is 13.2 Å². The zero-order valence-corrected chi connectivity index (χ0v) is 13.1. The number of halogens is 1. The van der Waals surface area contributed by atoms with Crippen molar-refractivity contribution in [2.45, 2.75) is 25.3 Å². The van der Waals surface area contributed by atoms with Gasteiger partial charge < -0.3 is 14.7 Å². The van der Waals surface area contributed by atoms with Gasteiger partial charge in [-0.2, -0.15) is 0 Å². The molecule has 0 aliphatic carbocycles. The van der Waals surface area contributed by atoms with E-state index in [-0.39, 0.29) is 12.5 Å². The van der Waals surface area contributed by atoms with E-state index in [1.165, 1.54) is 4.90 Å². The Balaban J connectivity index is 1.95. The molecule has 1 amide bonds. The summed E-state index contributed by atoms with van der Waals surface area (Å²) in [6.45, 7) is 0.370.